The fourth-order valence-corrected chi connectivity index (χ4v) is 11.2. The van der Waals surface area contributed by atoms with Crippen LogP contribution in [0.3, 0.4) is 0 Å². The third-order valence-electron chi connectivity index (χ3n) is 10.4. The van der Waals surface area contributed by atoms with Crippen molar-refractivity contribution in [1.82, 2.24) is 0 Å². The number of fused-ring (bicyclic) bond motifs is 12. The molecule has 222 valence electrons. The molecule has 0 radical (unpaired) electrons. The molecule has 0 N–H and O–H groups in total. The van der Waals surface area contributed by atoms with E-state index in [1.807, 2.05) is 0 Å². The van der Waals surface area contributed by atoms with E-state index in [2.05, 4.69) is 170 Å². The minimum Gasteiger partial charge on any atom is -0.455 e. The van der Waals surface area contributed by atoms with Crippen LogP contribution in [-0.4, -0.2) is 8.07 Å². The second kappa shape index (κ2) is 9.68. The molecule has 1 aliphatic rings. The van der Waals surface area contributed by atoms with Gasteiger partial charge in [0.2, 0.25) is 0 Å². The van der Waals surface area contributed by atoms with Gasteiger partial charge in [0.1, 0.15) is 19.2 Å². The summed E-state index contributed by atoms with van der Waals surface area (Å²) >= 11 is 0. The summed E-state index contributed by atoms with van der Waals surface area (Å²) in [7, 11) is -2.01. The summed E-state index contributed by atoms with van der Waals surface area (Å²) in [6.07, 6.45) is 0. The molecular weight excluding hydrogens is 587 g/mol. The average Bonchev–Trinajstić information content (AvgIpc) is 3.60. The van der Waals surface area contributed by atoms with Crippen LogP contribution in [0.15, 0.2) is 156 Å². The first kappa shape index (κ1) is 26.6. The highest BCUT2D eigenvalue weighted by atomic mass is 28.3. The third-order valence-corrected chi connectivity index (χ3v) is 13.9. The van der Waals surface area contributed by atoms with Crippen LogP contribution in [0.5, 0.6) is 0 Å². The molecule has 0 unspecified atom stereocenters. The number of para-hydroxylation sites is 2. The van der Waals surface area contributed by atoms with E-state index in [0.29, 0.717) is 0 Å². The molecule has 0 spiro atoms. The summed E-state index contributed by atoms with van der Waals surface area (Å²) in [6, 6.07) is 55.6. The van der Waals surface area contributed by atoms with Crippen LogP contribution < -0.4 is 15.3 Å². The van der Waals surface area contributed by atoms with Crippen molar-refractivity contribution in [3.63, 3.8) is 0 Å². The molecule has 9 aromatic rings. The SMILES string of the molecule is C[Si]1(C)c2cc(N(c3ccccc3)c3ccc4c(ccc5c6ccccc6ccc45)c3)ccc2-c2c1ccc1c2oc2ccccc21. The smallest absolute Gasteiger partial charge is 0.143 e. The maximum absolute atomic E-state index is 6.57. The quantitative estimate of drug-likeness (QED) is 0.145. The summed E-state index contributed by atoms with van der Waals surface area (Å²) in [6.45, 7) is 4.96. The Morgan fingerprint density at radius 1 is 0.447 bits per heavy atom. The summed E-state index contributed by atoms with van der Waals surface area (Å²) in [5, 5.41) is 13.0. The van der Waals surface area contributed by atoms with E-state index in [-0.39, 0.29) is 0 Å². The molecule has 2 heterocycles. The van der Waals surface area contributed by atoms with Crippen molar-refractivity contribution in [2.45, 2.75) is 13.1 Å². The van der Waals surface area contributed by atoms with Crippen LogP contribution in [0.1, 0.15) is 0 Å². The van der Waals surface area contributed by atoms with E-state index in [0.717, 1.165) is 22.5 Å². The van der Waals surface area contributed by atoms with Crippen molar-refractivity contribution in [1.29, 1.82) is 0 Å². The highest BCUT2D eigenvalue weighted by molar-refractivity contribution is 7.04. The Bertz CT molecular complexity index is 2720. The lowest BCUT2D eigenvalue weighted by Gasteiger charge is -2.28. The van der Waals surface area contributed by atoms with Crippen molar-refractivity contribution in [2.75, 3.05) is 4.90 Å². The predicted octanol–water partition coefficient (Wildman–Crippen LogP) is 11.3. The molecule has 0 aliphatic carbocycles. The Kier molecular flexibility index (Phi) is 5.47. The molecular formula is C44H31NOSi. The number of hydrogen-bond donors (Lipinski definition) is 0. The van der Waals surface area contributed by atoms with Crippen molar-refractivity contribution in [2.24, 2.45) is 0 Å². The van der Waals surface area contributed by atoms with Gasteiger partial charge in [-0.1, -0.05) is 122 Å². The summed E-state index contributed by atoms with van der Waals surface area (Å²) in [5.74, 6) is 0. The number of anilines is 3. The third kappa shape index (κ3) is 3.78. The second-order valence-electron chi connectivity index (χ2n) is 13.3. The number of furan rings is 1. The largest absolute Gasteiger partial charge is 0.455 e. The fraction of sp³-hybridized carbons (Fsp3) is 0.0455. The molecule has 2 nitrogen and oxygen atoms in total. The second-order valence-corrected chi connectivity index (χ2v) is 17.7. The van der Waals surface area contributed by atoms with Gasteiger partial charge in [-0.3, -0.25) is 0 Å². The van der Waals surface area contributed by atoms with E-state index < -0.39 is 8.07 Å². The zero-order valence-electron chi connectivity index (χ0n) is 26.3. The molecule has 0 saturated carbocycles. The monoisotopic (exact) mass is 617 g/mol. The van der Waals surface area contributed by atoms with E-state index in [1.54, 1.807) is 0 Å². The lowest BCUT2D eigenvalue weighted by atomic mass is 9.96. The van der Waals surface area contributed by atoms with Gasteiger partial charge in [-0.15, -0.1) is 0 Å². The molecule has 0 amide bonds. The Hall–Kier alpha value is -5.64. The van der Waals surface area contributed by atoms with Crippen LogP contribution in [0.4, 0.5) is 17.1 Å². The molecule has 0 atom stereocenters. The normalized spacial score (nSPS) is 13.5. The fourth-order valence-electron chi connectivity index (χ4n) is 8.11. The Morgan fingerprint density at radius 2 is 1.09 bits per heavy atom. The highest BCUT2D eigenvalue weighted by Crippen LogP contribution is 2.42. The van der Waals surface area contributed by atoms with Crippen LogP contribution in [0.2, 0.25) is 13.1 Å². The lowest BCUT2D eigenvalue weighted by molar-refractivity contribution is 0.670. The molecule has 0 saturated heterocycles. The van der Waals surface area contributed by atoms with Crippen LogP contribution in [0.25, 0.3) is 65.4 Å². The Labute approximate surface area is 274 Å². The van der Waals surface area contributed by atoms with Crippen molar-refractivity contribution in [3.8, 4) is 11.1 Å². The van der Waals surface area contributed by atoms with Crippen molar-refractivity contribution >= 4 is 89.8 Å². The maximum atomic E-state index is 6.57. The van der Waals surface area contributed by atoms with Gasteiger partial charge in [0.05, 0.1) is 0 Å². The predicted molar refractivity (Wildman–Crippen MR) is 203 cm³/mol. The van der Waals surface area contributed by atoms with Gasteiger partial charge in [0.25, 0.3) is 0 Å². The number of nitrogens with zero attached hydrogens (tertiary/aromatic N) is 1. The van der Waals surface area contributed by atoms with Gasteiger partial charge in [0.15, 0.2) is 0 Å². The maximum Gasteiger partial charge on any atom is 0.143 e. The standard InChI is InChI=1S/C44H31NOSi/c1-47(2)41-25-24-38-37-14-8-9-15-40(37)46-44(38)43(41)39-23-19-32(27-42(39)47)45(30-11-4-3-5-12-30)31-18-22-34-29(26-31)17-21-35-33-13-7-6-10-28(33)16-20-36(34)35/h3-27H,1-2H3. The molecule has 0 fully saturated rings. The molecule has 3 heteroatoms. The topological polar surface area (TPSA) is 16.4 Å². The van der Waals surface area contributed by atoms with Gasteiger partial charge in [-0.25, -0.2) is 0 Å². The summed E-state index contributed by atoms with van der Waals surface area (Å²) in [5.41, 5.74) is 8.05. The first-order chi connectivity index (χ1) is 23.1. The lowest BCUT2D eigenvalue weighted by Crippen LogP contribution is -2.49. The molecule has 10 rings (SSSR count). The van der Waals surface area contributed by atoms with Crippen molar-refractivity contribution in [3.05, 3.63) is 152 Å². The van der Waals surface area contributed by atoms with Gasteiger partial charge >= 0.3 is 0 Å². The zero-order valence-corrected chi connectivity index (χ0v) is 27.3. The molecule has 1 aliphatic heterocycles. The molecule has 1 aromatic heterocycles. The zero-order chi connectivity index (χ0) is 31.3. The Balaban J connectivity index is 1.16. The highest BCUT2D eigenvalue weighted by Gasteiger charge is 2.40. The van der Waals surface area contributed by atoms with Gasteiger partial charge in [0, 0.05) is 33.4 Å². The minimum atomic E-state index is -2.01. The van der Waals surface area contributed by atoms with E-state index in [4.69, 9.17) is 4.42 Å². The van der Waals surface area contributed by atoms with E-state index in [9.17, 15) is 0 Å². The van der Waals surface area contributed by atoms with Crippen LogP contribution in [0, 0.1) is 0 Å². The van der Waals surface area contributed by atoms with Gasteiger partial charge in [-0.2, -0.15) is 0 Å². The van der Waals surface area contributed by atoms with Crippen molar-refractivity contribution < 1.29 is 4.42 Å². The van der Waals surface area contributed by atoms with E-state index >= 15 is 0 Å². The van der Waals surface area contributed by atoms with Crippen LogP contribution in [-0.2, 0) is 0 Å². The Morgan fingerprint density at radius 3 is 1.94 bits per heavy atom. The minimum absolute atomic E-state index is 0.952. The molecule has 47 heavy (non-hydrogen) atoms. The van der Waals surface area contributed by atoms with E-state index in [1.165, 1.54) is 70.3 Å². The number of benzene rings is 8. The first-order valence-corrected chi connectivity index (χ1v) is 19.4. The van der Waals surface area contributed by atoms with Gasteiger partial charge < -0.3 is 9.32 Å². The summed E-state index contributed by atoms with van der Waals surface area (Å²) < 4.78 is 6.57. The van der Waals surface area contributed by atoms with Gasteiger partial charge in [-0.05, 0) is 90.7 Å². The number of hydrogen-bond acceptors (Lipinski definition) is 2. The van der Waals surface area contributed by atoms with Crippen LogP contribution >= 0.6 is 0 Å². The number of rotatable bonds is 3. The molecule has 0 bridgehead atoms. The first-order valence-electron chi connectivity index (χ1n) is 16.4. The average molecular weight is 618 g/mol. The molecule has 8 aromatic carbocycles. The summed E-state index contributed by atoms with van der Waals surface area (Å²) in [4.78, 5) is 2.41.